The van der Waals surface area contributed by atoms with Crippen molar-refractivity contribution in [3.63, 3.8) is 0 Å². The number of hydrogen-bond acceptors (Lipinski definition) is 5. The third-order valence-electron chi connectivity index (χ3n) is 4.09. The monoisotopic (exact) mass is 398 g/mol. The van der Waals surface area contributed by atoms with Crippen molar-refractivity contribution in [2.24, 2.45) is 5.10 Å². The lowest BCUT2D eigenvalue weighted by Gasteiger charge is -2.19. The highest BCUT2D eigenvalue weighted by atomic mass is 35.5. The van der Waals surface area contributed by atoms with E-state index in [2.05, 4.69) is 5.10 Å². The predicted molar refractivity (Wildman–Crippen MR) is 106 cm³/mol. The fourth-order valence-corrected chi connectivity index (χ4v) is 2.88. The van der Waals surface area contributed by atoms with Crippen LogP contribution < -0.4 is 0 Å². The molecule has 0 N–H and O–H groups in total. The average molecular weight is 399 g/mol. The van der Waals surface area contributed by atoms with E-state index in [1.807, 2.05) is 19.1 Å². The normalized spacial score (nSPS) is 16.7. The minimum atomic E-state index is -0.595. The summed E-state index contributed by atoms with van der Waals surface area (Å²) in [5, 5.41) is 6.39. The van der Waals surface area contributed by atoms with Gasteiger partial charge < -0.3 is 9.15 Å². The molecule has 1 aliphatic rings. The lowest BCUT2D eigenvalue weighted by molar-refractivity contribution is -0.149. The van der Waals surface area contributed by atoms with Crippen molar-refractivity contribution in [1.29, 1.82) is 0 Å². The molecular formula is C21H19ClN2O4. The zero-order valence-electron chi connectivity index (χ0n) is 15.2. The second-order valence-electron chi connectivity index (χ2n) is 6.02. The minimum Gasteiger partial charge on any atom is -0.467 e. The van der Waals surface area contributed by atoms with E-state index in [1.165, 1.54) is 11.1 Å². The SMILES string of the molecule is C/C=C/C=C/C(=O)OCC(=O)N1N=C(c2ccc(Cl)cc2)C[C@H]1c1ccco1. The van der Waals surface area contributed by atoms with Crippen molar-refractivity contribution in [3.8, 4) is 0 Å². The number of hydrogen-bond donors (Lipinski definition) is 0. The van der Waals surface area contributed by atoms with Crippen molar-refractivity contribution in [3.05, 3.63) is 83.3 Å². The lowest BCUT2D eigenvalue weighted by atomic mass is 10.0. The Balaban J connectivity index is 1.75. The van der Waals surface area contributed by atoms with Gasteiger partial charge in [0.15, 0.2) is 6.61 Å². The second kappa shape index (κ2) is 9.19. The zero-order chi connectivity index (χ0) is 19.9. The maximum absolute atomic E-state index is 12.7. The Labute approximate surface area is 167 Å². The number of esters is 1. The van der Waals surface area contributed by atoms with Gasteiger partial charge in [0.25, 0.3) is 5.91 Å². The molecule has 1 aliphatic heterocycles. The Morgan fingerprint density at radius 3 is 2.75 bits per heavy atom. The Morgan fingerprint density at radius 1 is 1.29 bits per heavy atom. The van der Waals surface area contributed by atoms with Gasteiger partial charge in [0.05, 0.1) is 12.0 Å². The molecule has 1 atom stereocenters. The van der Waals surface area contributed by atoms with Crippen molar-refractivity contribution in [2.75, 3.05) is 6.61 Å². The van der Waals surface area contributed by atoms with Crippen LogP contribution in [0.3, 0.4) is 0 Å². The Morgan fingerprint density at radius 2 is 2.07 bits per heavy atom. The molecule has 0 saturated heterocycles. The number of nitrogens with zero attached hydrogens (tertiary/aromatic N) is 2. The van der Waals surface area contributed by atoms with Crippen LogP contribution in [0.1, 0.15) is 30.7 Å². The minimum absolute atomic E-state index is 0.398. The van der Waals surface area contributed by atoms with Crippen LogP contribution in [-0.4, -0.2) is 29.2 Å². The standard InChI is InChI=1S/C21H19ClN2O4/c1-2-3-4-7-21(26)28-14-20(25)24-18(19-6-5-12-27-19)13-17(23-24)15-8-10-16(22)11-9-15/h2-12,18H,13-14H2,1H3/b3-2+,7-4+/t18-/m0/s1. The van der Waals surface area contributed by atoms with Crippen LogP contribution in [-0.2, 0) is 14.3 Å². The first-order chi connectivity index (χ1) is 13.6. The number of benzene rings is 1. The van der Waals surface area contributed by atoms with Gasteiger partial charge in [-0.1, -0.05) is 42.0 Å². The van der Waals surface area contributed by atoms with Gasteiger partial charge in [-0.3, -0.25) is 4.79 Å². The summed E-state index contributed by atoms with van der Waals surface area (Å²) in [6.45, 7) is 1.42. The largest absolute Gasteiger partial charge is 0.467 e. The number of carbonyl (C=O) groups is 2. The molecule has 1 aromatic carbocycles. The molecule has 2 aromatic rings. The van der Waals surface area contributed by atoms with Gasteiger partial charge >= 0.3 is 5.97 Å². The van der Waals surface area contributed by atoms with Gasteiger partial charge in [0, 0.05) is 17.5 Å². The van der Waals surface area contributed by atoms with Crippen LogP contribution in [0.4, 0.5) is 0 Å². The third-order valence-corrected chi connectivity index (χ3v) is 4.34. The molecule has 1 amide bonds. The summed E-state index contributed by atoms with van der Waals surface area (Å²) in [7, 11) is 0. The fraction of sp³-hybridized carbons (Fsp3) is 0.190. The van der Waals surface area contributed by atoms with E-state index in [9.17, 15) is 9.59 Å². The second-order valence-corrected chi connectivity index (χ2v) is 6.46. The van der Waals surface area contributed by atoms with E-state index in [0.29, 0.717) is 17.2 Å². The molecule has 0 spiro atoms. The molecule has 1 aromatic heterocycles. The summed E-state index contributed by atoms with van der Waals surface area (Å²) in [6.07, 6.45) is 8.30. The summed E-state index contributed by atoms with van der Waals surface area (Å²) in [5.74, 6) is -0.416. The quantitative estimate of drug-likeness (QED) is 0.413. The summed E-state index contributed by atoms with van der Waals surface area (Å²) in [4.78, 5) is 24.3. The van der Waals surface area contributed by atoms with E-state index in [-0.39, 0.29) is 0 Å². The molecule has 0 bridgehead atoms. The average Bonchev–Trinajstić information content (AvgIpc) is 3.36. The number of amides is 1. The van der Waals surface area contributed by atoms with Crippen molar-refractivity contribution >= 4 is 29.2 Å². The number of allylic oxidation sites excluding steroid dienone is 3. The first kappa shape index (κ1) is 19.6. The molecule has 2 heterocycles. The molecule has 0 unspecified atom stereocenters. The zero-order valence-corrected chi connectivity index (χ0v) is 16.0. The van der Waals surface area contributed by atoms with Crippen LogP contribution in [0.5, 0.6) is 0 Å². The predicted octanol–water partition coefficient (Wildman–Crippen LogP) is 4.29. The maximum Gasteiger partial charge on any atom is 0.331 e. The number of rotatable bonds is 6. The Hall–Kier alpha value is -3.12. The van der Waals surface area contributed by atoms with Crippen LogP contribution >= 0.6 is 11.6 Å². The third kappa shape index (κ3) is 4.78. The highest BCUT2D eigenvalue weighted by Gasteiger charge is 2.35. The first-order valence-corrected chi connectivity index (χ1v) is 9.11. The number of ether oxygens (including phenoxy) is 1. The van der Waals surface area contributed by atoms with Gasteiger partial charge in [0.1, 0.15) is 11.8 Å². The van der Waals surface area contributed by atoms with Gasteiger partial charge in [-0.25, -0.2) is 9.80 Å². The van der Waals surface area contributed by atoms with Crippen molar-refractivity contribution in [2.45, 2.75) is 19.4 Å². The Bertz CT molecular complexity index is 914. The van der Waals surface area contributed by atoms with Gasteiger partial charge in [-0.15, -0.1) is 0 Å². The molecule has 28 heavy (non-hydrogen) atoms. The molecule has 0 saturated carbocycles. The lowest BCUT2D eigenvalue weighted by Crippen LogP contribution is -2.31. The fourth-order valence-electron chi connectivity index (χ4n) is 2.75. The summed E-state index contributed by atoms with van der Waals surface area (Å²) in [6, 6.07) is 10.4. The number of hydrazone groups is 1. The van der Waals surface area contributed by atoms with Gasteiger partial charge in [-0.05, 0) is 36.8 Å². The summed E-state index contributed by atoms with van der Waals surface area (Å²) < 4.78 is 10.5. The van der Waals surface area contributed by atoms with Crippen LogP contribution in [0.15, 0.2) is 76.5 Å². The maximum atomic E-state index is 12.7. The Kier molecular flexibility index (Phi) is 6.45. The summed E-state index contributed by atoms with van der Waals surface area (Å²) in [5.41, 5.74) is 1.59. The van der Waals surface area contributed by atoms with Crippen LogP contribution in [0, 0.1) is 0 Å². The highest BCUT2D eigenvalue weighted by molar-refractivity contribution is 6.30. The molecule has 0 fully saturated rings. The van der Waals surface area contributed by atoms with E-state index >= 15 is 0 Å². The number of carbonyl (C=O) groups excluding carboxylic acids is 2. The molecular weight excluding hydrogens is 380 g/mol. The first-order valence-electron chi connectivity index (χ1n) is 8.73. The van der Waals surface area contributed by atoms with E-state index in [4.69, 9.17) is 20.8 Å². The van der Waals surface area contributed by atoms with Crippen molar-refractivity contribution in [1.82, 2.24) is 5.01 Å². The van der Waals surface area contributed by atoms with Crippen LogP contribution in [0.25, 0.3) is 0 Å². The molecule has 7 heteroatoms. The topological polar surface area (TPSA) is 72.1 Å². The highest BCUT2D eigenvalue weighted by Crippen LogP contribution is 2.33. The molecule has 3 rings (SSSR count). The van der Waals surface area contributed by atoms with Gasteiger partial charge in [0.2, 0.25) is 0 Å². The van der Waals surface area contributed by atoms with Gasteiger partial charge in [-0.2, -0.15) is 5.10 Å². The van der Waals surface area contributed by atoms with E-state index in [0.717, 1.165) is 11.3 Å². The molecule has 0 aliphatic carbocycles. The van der Waals surface area contributed by atoms with E-state index < -0.39 is 24.5 Å². The smallest absolute Gasteiger partial charge is 0.331 e. The van der Waals surface area contributed by atoms with E-state index in [1.54, 1.807) is 48.8 Å². The summed E-state index contributed by atoms with van der Waals surface area (Å²) >= 11 is 5.95. The molecule has 0 radical (unpaired) electrons. The van der Waals surface area contributed by atoms with Crippen molar-refractivity contribution < 1.29 is 18.7 Å². The number of halogens is 1. The molecule has 144 valence electrons. The number of furan rings is 1. The van der Waals surface area contributed by atoms with Crippen LogP contribution in [0.2, 0.25) is 5.02 Å². The molecule has 6 nitrogen and oxygen atoms in total.